The summed E-state index contributed by atoms with van der Waals surface area (Å²) in [5.41, 5.74) is 0. The van der Waals surface area contributed by atoms with Gasteiger partial charge in [-0.25, -0.2) is 0 Å². The van der Waals surface area contributed by atoms with Crippen LogP contribution in [-0.2, 0) is 0 Å². The molecule has 0 N–H and O–H groups in total. The van der Waals surface area contributed by atoms with Crippen LogP contribution >= 0.6 is 11.6 Å². The van der Waals surface area contributed by atoms with E-state index < -0.39 is 0 Å². The van der Waals surface area contributed by atoms with Crippen molar-refractivity contribution in [2.75, 3.05) is 25.6 Å². The van der Waals surface area contributed by atoms with Crippen molar-refractivity contribution in [1.29, 1.82) is 0 Å². The van der Waals surface area contributed by atoms with Crippen LogP contribution in [0.2, 0.25) is 5.28 Å². The molecule has 0 unspecified atom stereocenters. The molecule has 6 heteroatoms. The topological polar surface area (TPSA) is 51.1 Å². The van der Waals surface area contributed by atoms with Crippen molar-refractivity contribution in [2.24, 2.45) is 5.92 Å². The third kappa shape index (κ3) is 3.51. The second-order valence-corrected chi connectivity index (χ2v) is 4.00. The van der Waals surface area contributed by atoms with E-state index in [1.165, 1.54) is 7.11 Å². The SMILES string of the molecule is COc1nc(Cl)nc(N(C)CC(C)C)n1. The number of anilines is 1. The largest absolute Gasteiger partial charge is 0.467 e. The van der Waals surface area contributed by atoms with Crippen LogP contribution in [0.15, 0.2) is 0 Å². The maximum absolute atomic E-state index is 5.74. The summed E-state index contributed by atoms with van der Waals surface area (Å²) in [5, 5.41) is 0.146. The maximum atomic E-state index is 5.74. The normalized spacial score (nSPS) is 10.5. The van der Waals surface area contributed by atoms with Crippen LogP contribution in [0.1, 0.15) is 13.8 Å². The van der Waals surface area contributed by atoms with Gasteiger partial charge in [0.25, 0.3) is 0 Å². The molecule has 1 aromatic rings. The van der Waals surface area contributed by atoms with Crippen molar-refractivity contribution >= 4 is 17.5 Å². The van der Waals surface area contributed by atoms with Crippen LogP contribution in [0.25, 0.3) is 0 Å². The van der Waals surface area contributed by atoms with Gasteiger partial charge in [0.2, 0.25) is 11.2 Å². The molecule has 1 aromatic heterocycles. The van der Waals surface area contributed by atoms with Gasteiger partial charge in [-0.1, -0.05) is 13.8 Å². The number of methoxy groups -OCH3 is 1. The molecular formula is C9H15ClN4O. The van der Waals surface area contributed by atoms with Crippen molar-refractivity contribution in [3.05, 3.63) is 5.28 Å². The number of hydrogen-bond donors (Lipinski definition) is 0. The first-order chi connectivity index (χ1) is 7.02. The Bertz CT molecular complexity index is 332. The Balaban J connectivity index is 2.88. The van der Waals surface area contributed by atoms with Gasteiger partial charge >= 0.3 is 6.01 Å². The first kappa shape index (κ1) is 12.0. The molecule has 0 saturated carbocycles. The van der Waals surface area contributed by atoms with E-state index >= 15 is 0 Å². The first-order valence-corrected chi connectivity index (χ1v) is 5.07. The Hall–Kier alpha value is -1.10. The van der Waals surface area contributed by atoms with Gasteiger partial charge in [0.15, 0.2) is 0 Å². The monoisotopic (exact) mass is 230 g/mol. The molecule has 0 fully saturated rings. The standard InChI is InChI=1S/C9H15ClN4O/c1-6(2)5-14(3)8-11-7(10)12-9(13-8)15-4/h6H,5H2,1-4H3. The first-order valence-electron chi connectivity index (χ1n) is 4.69. The molecule has 0 radical (unpaired) electrons. The lowest BCUT2D eigenvalue weighted by Crippen LogP contribution is -2.24. The average Bonchev–Trinajstić information content (AvgIpc) is 2.15. The molecule has 0 aliphatic heterocycles. The van der Waals surface area contributed by atoms with Gasteiger partial charge in [-0.05, 0) is 17.5 Å². The minimum absolute atomic E-state index is 0.146. The molecule has 5 nitrogen and oxygen atoms in total. The second-order valence-electron chi connectivity index (χ2n) is 3.67. The fourth-order valence-electron chi connectivity index (χ4n) is 1.21. The number of aromatic nitrogens is 3. The lowest BCUT2D eigenvalue weighted by Gasteiger charge is -2.19. The van der Waals surface area contributed by atoms with Crippen molar-refractivity contribution < 1.29 is 4.74 Å². The minimum Gasteiger partial charge on any atom is -0.467 e. The lowest BCUT2D eigenvalue weighted by molar-refractivity contribution is 0.378. The van der Waals surface area contributed by atoms with Gasteiger partial charge in [0.05, 0.1) is 7.11 Å². The lowest BCUT2D eigenvalue weighted by atomic mass is 10.2. The van der Waals surface area contributed by atoms with Gasteiger partial charge in [-0.2, -0.15) is 15.0 Å². The van der Waals surface area contributed by atoms with E-state index in [1.54, 1.807) is 0 Å². The fourth-order valence-corrected chi connectivity index (χ4v) is 1.36. The number of hydrogen-bond acceptors (Lipinski definition) is 5. The second kappa shape index (κ2) is 5.11. The summed E-state index contributed by atoms with van der Waals surface area (Å²) >= 11 is 5.74. The molecule has 84 valence electrons. The quantitative estimate of drug-likeness (QED) is 0.787. The van der Waals surface area contributed by atoms with E-state index in [4.69, 9.17) is 16.3 Å². The molecule has 0 aliphatic carbocycles. The summed E-state index contributed by atoms with van der Waals surface area (Å²) in [4.78, 5) is 13.9. The highest BCUT2D eigenvalue weighted by atomic mass is 35.5. The van der Waals surface area contributed by atoms with Crippen molar-refractivity contribution in [3.63, 3.8) is 0 Å². The number of nitrogens with zero attached hydrogens (tertiary/aromatic N) is 4. The van der Waals surface area contributed by atoms with Crippen molar-refractivity contribution in [1.82, 2.24) is 15.0 Å². The summed E-state index contributed by atoms with van der Waals surface area (Å²) in [6.45, 7) is 5.09. The van der Waals surface area contributed by atoms with Crippen LogP contribution in [-0.4, -0.2) is 35.7 Å². The van der Waals surface area contributed by atoms with Crippen LogP contribution < -0.4 is 9.64 Å². The molecule has 0 saturated heterocycles. The van der Waals surface area contributed by atoms with E-state index in [2.05, 4.69) is 28.8 Å². The zero-order valence-electron chi connectivity index (χ0n) is 9.36. The summed E-state index contributed by atoms with van der Waals surface area (Å²) in [7, 11) is 3.41. The molecular weight excluding hydrogens is 216 g/mol. The van der Waals surface area contributed by atoms with E-state index in [-0.39, 0.29) is 11.3 Å². The van der Waals surface area contributed by atoms with Gasteiger partial charge in [0, 0.05) is 13.6 Å². The Kier molecular flexibility index (Phi) is 4.08. The summed E-state index contributed by atoms with van der Waals surface area (Å²) in [6, 6.07) is 0.237. The Morgan fingerprint density at radius 1 is 1.33 bits per heavy atom. The van der Waals surface area contributed by atoms with E-state index in [9.17, 15) is 0 Å². The van der Waals surface area contributed by atoms with E-state index in [0.717, 1.165) is 6.54 Å². The zero-order chi connectivity index (χ0) is 11.4. The average molecular weight is 231 g/mol. The van der Waals surface area contributed by atoms with E-state index in [1.807, 2.05) is 11.9 Å². The number of rotatable bonds is 4. The third-order valence-corrected chi connectivity index (χ3v) is 1.91. The van der Waals surface area contributed by atoms with Crippen LogP contribution in [0, 0.1) is 5.92 Å². The van der Waals surface area contributed by atoms with Crippen LogP contribution in [0.5, 0.6) is 6.01 Å². The molecule has 1 rings (SSSR count). The predicted octanol–water partition coefficient (Wildman–Crippen LogP) is 1.63. The highest BCUT2D eigenvalue weighted by molar-refractivity contribution is 6.28. The molecule has 0 atom stereocenters. The molecule has 0 aromatic carbocycles. The Labute approximate surface area is 94.5 Å². The smallest absolute Gasteiger partial charge is 0.322 e. The van der Waals surface area contributed by atoms with Crippen molar-refractivity contribution in [2.45, 2.75) is 13.8 Å². The maximum Gasteiger partial charge on any atom is 0.322 e. The van der Waals surface area contributed by atoms with E-state index in [0.29, 0.717) is 11.9 Å². The van der Waals surface area contributed by atoms with Crippen LogP contribution in [0.4, 0.5) is 5.95 Å². The molecule has 15 heavy (non-hydrogen) atoms. The Morgan fingerprint density at radius 3 is 2.53 bits per heavy atom. The van der Waals surface area contributed by atoms with Gasteiger partial charge in [-0.3, -0.25) is 0 Å². The molecule has 0 aliphatic rings. The highest BCUT2D eigenvalue weighted by Crippen LogP contribution is 2.14. The third-order valence-electron chi connectivity index (χ3n) is 1.74. The van der Waals surface area contributed by atoms with Gasteiger partial charge in [0.1, 0.15) is 0 Å². The molecule has 0 spiro atoms. The number of ether oxygens (including phenoxy) is 1. The van der Waals surface area contributed by atoms with Crippen molar-refractivity contribution in [3.8, 4) is 6.01 Å². The van der Waals surface area contributed by atoms with Gasteiger partial charge < -0.3 is 9.64 Å². The van der Waals surface area contributed by atoms with Crippen LogP contribution in [0.3, 0.4) is 0 Å². The summed E-state index contributed by atoms with van der Waals surface area (Å²) in [5.74, 6) is 1.05. The number of halogens is 1. The molecule has 1 heterocycles. The van der Waals surface area contributed by atoms with Gasteiger partial charge in [-0.15, -0.1) is 0 Å². The molecule has 0 bridgehead atoms. The fraction of sp³-hybridized carbons (Fsp3) is 0.667. The minimum atomic E-state index is 0.146. The zero-order valence-corrected chi connectivity index (χ0v) is 10.1. The summed E-state index contributed by atoms with van der Waals surface area (Å²) in [6.07, 6.45) is 0. The summed E-state index contributed by atoms with van der Waals surface area (Å²) < 4.78 is 4.92. The highest BCUT2D eigenvalue weighted by Gasteiger charge is 2.10. The molecule has 0 amide bonds. The predicted molar refractivity (Wildman–Crippen MR) is 59.5 cm³/mol. The Morgan fingerprint density at radius 2 is 2.00 bits per heavy atom.